The number of amides is 1. The molecule has 2 N–H and O–H groups in total. The molecule has 0 atom stereocenters. The standard InChI is InChI=1S/C24H37N5O/c1-25-24(27-20-13-16-28(17-14-20)21-8-3-4-9-21)26-15-6-11-23(30)29-18-12-19-7-2-5-10-22(19)29/h2,5,7,10,20-21H,3-4,6,8-9,11-18H2,1H3,(H2,25,26,27). The summed E-state index contributed by atoms with van der Waals surface area (Å²) in [5.74, 6) is 1.09. The van der Waals surface area contributed by atoms with Crippen LogP contribution in [-0.2, 0) is 11.2 Å². The number of hydrogen-bond donors (Lipinski definition) is 2. The summed E-state index contributed by atoms with van der Waals surface area (Å²) in [6.07, 6.45) is 10.3. The summed E-state index contributed by atoms with van der Waals surface area (Å²) in [6, 6.07) is 9.58. The molecule has 1 saturated carbocycles. The summed E-state index contributed by atoms with van der Waals surface area (Å²) in [6.45, 7) is 3.98. The second-order valence-corrected chi connectivity index (χ2v) is 8.92. The average molecular weight is 412 g/mol. The van der Waals surface area contributed by atoms with E-state index in [4.69, 9.17) is 0 Å². The van der Waals surface area contributed by atoms with Gasteiger partial charge in [0.05, 0.1) is 0 Å². The van der Waals surface area contributed by atoms with Gasteiger partial charge in [0.15, 0.2) is 5.96 Å². The topological polar surface area (TPSA) is 60.0 Å². The molecular weight excluding hydrogens is 374 g/mol. The number of piperidine rings is 1. The Morgan fingerprint density at radius 3 is 2.63 bits per heavy atom. The molecule has 0 aromatic heterocycles. The molecule has 2 heterocycles. The smallest absolute Gasteiger partial charge is 0.227 e. The van der Waals surface area contributed by atoms with Crippen LogP contribution >= 0.6 is 0 Å². The quantitative estimate of drug-likeness (QED) is 0.429. The summed E-state index contributed by atoms with van der Waals surface area (Å²) in [7, 11) is 1.83. The molecule has 0 unspecified atom stereocenters. The number of rotatable bonds is 6. The van der Waals surface area contributed by atoms with Gasteiger partial charge in [0, 0.05) is 57.4 Å². The zero-order valence-corrected chi connectivity index (χ0v) is 18.4. The third-order valence-electron chi connectivity index (χ3n) is 6.98. The van der Waals surface area contributed by atoms with Gasteiger partial charge in [0.25, 0.3) is 0 Å². The fourth-order valence-electron chi connectivity index (χ4n) is 5.25. The molecule has 2 aliphatic heterocycles. The van der Waals surface area contributed by atoms with Crippen LogP contribution in [0.4, 0.5) is 5.69 Å². The van der Waals surface area contributed by atoms with Crippen molar-refractivity contribution in [2.45, 2.75) is 69.9 Å². The molecule has 1 saturated heterocycles. The van der Waals surface area contributed by atoms with Gasteiger partial charge in [-0.25, -0.2) is 0 Å². The number of nitrogens with zero attached hydrogens (tertiary/aromatic N) is 3. The van der Waals surface area contributed by atoms with E-state index in [0.29, 0.717) is 12.5 Å². The second-order valence-electron chi connectivity index (χ2n) is 8.92. The van der Waals surface area contributed by atoms with Gasteiger partial charge in [-0.2, -0.15) is 0 Å². The number of para-hydroxylation sites is 1. The fourth-order valence-corrected chi connectivity index (χ4v) is 5.25. The van der Waals surface area contributed by atoms with Gasteiger partial charge in [-0.05, 0) is 50.2 Å². The lowest BCUT2D eigenvalue weighted by molar-refractivity contribution is -0.118. The monoisotopic (exact) mass is 411 g/mol. The molecular formula is C24H37N5O. The summed E-state index contributed by atoms with van der Waals surface area (Å²) >= 11 is 0. The van der Waals surface area contributed by atoms with Gasteiger partial charge < -0.3 is 20.4 Å². The minimum atomic E-state index is 0.226. The van der Waals surface area contributed by atoms with Crippen molar-refractivity contribution in [3.63, 3.8) is 0 Å². The lowest BCUT2D eigenvalue weighted by atomic mass is 10.0. The van der Waals surface area contributed by atoms with Gasteiger partial charge in [-0.1, -0.05) is 31.0 Å². The maximum absolute atomic E-state index is 12.6. The normalized spacial score (nSPS) is 21.1. The van der Waals surface area contributed by atoms with Crippen LogP contribution in [0.2, 0.25) is 0 Å². The number of benzene rings is 1. The minimum absolute atomic E-state index is 0.226. The number of hydrogen-bond acceptors (Lipinski definition) is 3. The predicted molar refractivity (Wildman–Crippen MR) is 123 cm³/mol. The Balaban J connectivity index is 1.14. The maximum atomic E-state index is 12.6. The Kier molecular flexibility index (Phi) is 7.26. The number of anilines is 1. The molecule has 1 aromatic carbocycles. The van der Waals surface area contributed by atoms with Gasteiger partial charge in [-0.3, -0.25) is 9.79 Å². The van der Waals surface area contributed by atoms with Crippen LogP contribution in [0.3, 0.4) is 0 Å². The molecule has 3 aliphatic rings. The first-order valence-electron chi connectivity index (χ1n) is 11.8. The van der Waals surface area contributed by atoms with Crippen LogP contribution in [-0.4, -0.2) is 62.1 Å². The second kappa shape index (κ2) is 10.3. The molecule has 1 amide bonds. The first-order chi connectivity index (χ1) is 14.7. The highest BCUT2D eigenvalue weighted by molar-refractivity contribution is 5.95. The Morgan fingerprint density at radius 2 is 1.87 bits per heavy atom. The van der Waals surface area contributed by atoms with Crippen molar-refractivity contribution in [2.75, 3.05) is 38.1 Å². The Bertz CT molecular complexity index is 735. The average Bonchev–Trinajstić information content (AvgIpc) is 3.46. The molecule has 0 radical (unpaired) electrons. The summed E-state index contributed by atoms with van der Waals surface area (Å²) in [5.41, 5.74) is 2.38. The van der Waals surface area contributed by atoms with Crippen LogP contribution in [0.1, 0.15) is 56.9 Å². The van der Waals surface area contributed by atoms with E-state index >= 15 is 0 Å². The SMILES string of the molecule is CN=C(NCCCC(=O)N1CCc2ccccc21)NC1CCN(C2CCCC2)CC1. The van der Waals surface area contributed by atoms with Crippen molar-refractivity contribution in [2.24, 2.45) is 4.99 Å². The third-order valence-corrected chi connectivity index (χ3v) is 6.98. The van der Waals surface area contributed by atoms with E-state index < -0.39 is 0 Å². The van der Waals surface area contributed by atoms with Crippen LogP contribution in [0, 0.1) is 0 Å². The van der Waals surface area contributed by atoms with E-state index in [2.05, 4.69) is 32.7 Å². The lowest BCUT2D eigenvalue weighted by Gasteiger charge is -2.36. The van der Waals surface area contributed by atoms with E-state index in [1.54, 1.807) is 0 Å². The molecule has 1 aliphatic carbocycles. The van der Waals surface area contributed by atoms with Gasteiger partial charge in [-0.15, -0.1) is 0 Å². The molecule has 0 spiro atoms. The summed E-state index contributed by atoms with van der Waals surface area (Å²) < 4.78 is 0. The number of guanidine groups is 1. The Labute approximate surface area is 181 Å². The highest BCUT2D eigenvalue weighted by atomic mass is 16.2. The van der Waals surface area contributed by atoms with Gasteiger partial charge in [0.1, 0.15) is 0 Å². The maximum Gasteiger partial charge on any atom is 0.227 e. The molecule has 30 heavy (non-hydrogen) atoms. The Morgan fingerprint density at radius 1 is 1.10 bits per heavy atom. The van der Waals surface area contributed by atoms with Crippen molar-refractivity contribution in [1.82, 2.24) is 15.5 Å². The summed E-state index contributed by atoms with van der Waals surface area (Å²) in [5, 5.41) is 6.99. The predicted octanol–water partition coefficient (Wildman–Crippen LogP) is 2.93. The number of aliphatic imine (C=N–C) groups is 1. The molecule has 164 valence electrons. The van der Waals surface area contributed by atoms with Crippen LogP contribution in [0.15, 0.2) is 29.3 Å². The van der Waals surface area contributed by atoms with E-state index in [-0.39, 0.29) is 5.91 Å². The highest BCUT2D eigenvalue weighted by Gasteiger charge is 2.27. The molecule has 2 fully saturated rings. The number of nitrogens with one attached hydrogen (secondary N) is 2. The Hall–Kier alpha value is -2.08. The van der Waals surface area contributed by atoms with Crippen molar-refractivity contribution in [3.8, 4) is 0 Å². The summed E-state index contributed by atoms with van der Waals surface area (Å²) in [4.78, 5) is 21.7. The molecule has 6 heteroatoms. The largest absolute Gasteiger partial charge is 0.356 e. The molecule has 6 nitrogen and oxygen atoms in total. The van der Waals surface area contributed by atoms with Gasteiger partial charge >= 0.3 is 0 Å². The van der Waals surface area contributed by atoms with Crippen molar-refractivity contribution in [3.05, 3.63) is 29.8 Å². The zero-order valence-electron chi connectivity index (χ0n) is 18.4. The number of fused-ring (bicyclic) bond motifs is 1. The highest BCUT2D eigenvalue weighted by Crippen LogP contribution is 2.28. The van der Waals surface area contributed by atoms with E-state index in [0.717, 1.165) is 43.6 Å². The molecule has 0 bridgehead atoms. The first kappa shape index (κ1) is 21.2. The van der Waals surface area contributed by atoms with E-state index in [9.17, 15) is 4.79 Å². The van der Waals surface area contributed by atoms with E-state index in [1.165, 1.54) is 57.2 Å². The molecule has 1 aromatic rings. The van der Waals surface area contributed by atoms with Gasteiger partial charge in [0.2, 0.25) is 5.91 Å². The van der Waals surface area contributed by atoms with Crippen LogP contribution in [0.25, 0.3) is 0 Å². The number of carbonyl (C=O) groups excluding carboxylic acids is 1. The fraction of sp³-hybridized carbons (Fsp3) is 0.667. The lowest BCUT2D eigenvalue weighted by Crippen LogP contribution is -2.50. The van der Waals surface area contributed by atoms with Crippen LogP contribution < -0.4 is 15.5 Å². The molecule has 4 rings (SSSR count). The van der Waals surface area contributed by atoms with Crippen molar-refractivity contribution in [1.29, 1.82) is 0 Å². The number of carbonyl (C=O) groups is 1. The van der Waals surface area contributed by atoms with Crippen molar-refractivity contribution >= 4 is 17.6 Å². The van der Waals surface area contributed by atoms with Crippen molar-refractivity contribution < 1.29 is 4.79 Å². The number of likely N-dealkylation sites (tertiary alicyclic amines) is 1. The minimum Gasteiger partial charge on any atom is -0.356 e. The van der Waals surface area contributed by atoms with Crippen LogP contribution in [0.5, 0.6) is 0 Å². The zero-order chi connectivity index (χ0) is 20.8. The first-order valence-corrected chi connectivity index (χ1v) is 11.8. The van der Waals surface area contributed by atoms with E-state index in [1.807, 2.05) is 24.1 Å². The third kappa shape index (κ3) is 5.15.